The summed E-state index contributed by atoms with van der Waals surface area (Å²) >= 11 is 0. The summed E-state index contributed by atoms with van der Waals surface area (Å²) in [5.74, 6) is -0.0355. The highest BCUT2D eigenvalue weighted by molar-refractivity contribution is 5.78. The van der Waals surface area contributed by atoms with Gasteiger partial charge in [0.05, 0.1) is 25.3 Å². The van der Waals surface area contributed by atoms with E-state index in [1.165, 1.54) is 0 Å². The molecule has 0 aromatic heterocycles. The van der Waals surface area contributed by atoms with E-state index >= 15 is 0 Å². The average molecular weight is 225 g/mol. The third kappa shape index (κ3) is 3.80. The van der Waals surface area contributed by atoms with Crippen LogP contribution in [0.2, 0.25) is 0 Å². The van der Waals surface area contributed by atoms with Gasteiger partial charge >= 0.3 is 0 Å². The van der Waals surface area contributed by atoms with Crippen LogP contribution in [0.3, 0.4) is 0 Å². The molecule has 1 heterocycles. The minimum absolute atomic E-state index is 0.0145. The quantitative estimate of drug-likeness (QED) is 0.722. The summed E-state index contributed by atoms with van der Waals surface area (Å²) in [4.78, 5) is 13.6. The van der Waals surface area contributed by atoms with Crippen molar-refractivity contribution in [2.45, 2.75) is 31.8 Å². The SMILES string of the molecule is COCC(C)NC(=O)CN1CCCC1C#N. The maximum absolute atomic E-state index is 11.6. The van der Waals surface area contributed by atoms with Crippen LogP contribution in [0.15, 0.2) is 0 Å². The number of carbonyl (C=O) groups excluding carboxylic acids is 1. The summed E-state index contributed by atoms with van der Waals surface area (Å²) in [7, 11) is 1.61. The Kier molecular flexibility index (Phi) is 5.23. The number of hydrogen-bond acceptors (Lipinski definition) is 4. The normalized spacial score (nSPS) is 22.7. The van der Waals surface area contributed by atoms with E-state index in [0.717, 1.165) is 19.4 Å². The maximum atomic E-state index is 11.6. The van der Waals surface area contributed by atoms with Gasteiger partial charge < -0.3 is 10.1 Å². The molecule has 0 aliphatic carbocycles. The molecule has 0 bridgehead atoms. The number of carbonyl (C=O) groups is 1. The molecule has 1 amide bonds. The van der Waals surface area contributed by atoms with Crippen LogP contribution in [0.5, 0.6) is 0 Å². The summed E-state index contributed by atoms with van der Waals surface area (Å²) in [6.07, 6.45) is 1.87. The Morgan fingerprint density at radius 3 is 3.12 bits per heavy atom. The predicted molar refractivity (Wildman–Crippen MR) is 59.7 cm³/mol. The molecule has 0 spiro atoms. The third-order valence-electron chi connectivity index (χ3n) is 2.68. The molecule has 0 saturated carbocycles. The van der Waals surface area contributed by atoms with Gasteiger partial charge in [-0.2, -0.15) is 5.26 Å². The molecule has 90 valence electrons. The summed E-state index contributed by atoms with van der Waals surface area (Å²) in [6.45, 7) is 3.55. The lowest BCUT2D eigenvalue weighted by Gasteiger charge is -2.20. The van der Waals surface area contributed by atoms with Crippen molar-refractivity contribution in [1.82, 2.24) is 10.2 Å². The molecule has 1 fully saturated rings. The van der Waals surface area contributed by atoms with Crippen LogP contribution in [0.25, 0.3) is 0 Å². The number of nitriles is 1. The molecule has 2 atom stereocenters. The monoisotopic (exact) mass is 225 g/mol. The Hall–Kier alpha value is -1.12. The Labute approximate surface area is 96.4 Å². The highest BCUT2D eigenvalue weighted by atomic mass is 16.5. The molecule has 0 aromatic rings. The van der Waals surface area contributed by atoms with Crippen molar-refractivity contribution in [3.63, 3.8) is 0 Å². The number of ether oxygens (including phenoxy) is 1. The van der Waals surface area contributed by atoms with E-state index in [9.17, 15) is 4.79 Å². The first-order valence-electron chi connectivity index (χ1n) is 5.59. The van der Waals surface area contributed by atoms with E-state index in [2.05, 4.69) is 11.4 Å². The number of nitrogens with zero attached hydrogens (tertiary/aromatic N) is 2. The van der Waals surface area contributed by atoms with Gasteiger partial charge in [-0.25, -0.2) is 0 Å². The highest BCUT2D eigenvalue weighted by Crippen LogP contribution is 2.15. The van der Waals surface area contributed by atoms with Gasteiger partial charge in [-0.15, -0.1) is 0 Å². The molecule has 5 heteroatoms. The Morgan fingerprint density at radius 2 is 2.50 bits per heavy atom. The van der Waals surface area contributed by atoms with Gasteiger partial charge in [0.1, 0.15) is 0 Å². The zero-order chi connectivity index (χ0) is 12.0. The van der Waals surface area contributed by atoms with Gasteiger partial charge in [-0.3, -0.25) is 9.69 Å². The van der Waals surface area contributed by atoms with E-state index in [-0.39, 0.29) is 18.0 Å². The van der Waals surface area contributed by atoms with Crippen molar-refractivity contribution < 1.29 is 9.53 Å². The van der Waals surface area contributed by atoms with Crippen LogP contribution in [0, 0.1) is 11.3 Å². The van der Waals surface area contributed by atoms with Gasteiger partial charge in [-0.1, -0.05) is 0 Å². The average Bonchev–Trinajstić information content (AvgIpc) is 2.65. The fourth-order valence-electron chi connectivity index (χ4n) is 1.96. The van der Waals surface area contributed by atoms with Crippen molar-refractivity contribution in [3.05, 3.63) is 0 Å². The Balaban J connectivity index is 2.31. The second-order valence-corrected chi connectivity index (χ2v) is 4.18. The molecule has 16 heavy (non-hydrogen) atoms. The van der Waals surface area contributed by atoms with Crippen molar-refractivity contribution in [3.8, 4) is 6.07 Å². The van der Waals surface area contributed by atoms with Crippen molar-refractivity contribution in [2.75, 3.05) is 26.8 Å². The number of rotatable bonds is 5. The number of nitrogens with one attached hydrogen (secondary N) is 1. The highest BCUT2D eigenvalue weighted by Gasteiger charge is 2.25. The van der Waals surface area contributed by atoms with Gasteiger partial charge in [-0.05, 0) is 19.8 Å². The molecule has 5 nitrogen and oxygen atoms in total. The first kappa shape index (κ1) is 12.9. The first-order chi connectivity index (χ1) is 7.67. The Morgan fingerprint density at radius 1 is 1.75 bits per heavy atom. The minimum atomic E-state index is -0.0940. The van der Waals surface area contributed by atoms with Crippen LogP contribution >= 0.6 is 0 Å². The molecule has 2 unspecified atom stereocenters. The number of hydrogen-bond donors (Lipinski definition) is 1. The van der Waals surface area contributed by atoms with Gasteiger partial charge in [0.15, 0.2) is 0 Å². The molecule has 1 saturated heterocycles. The van der Waals surface area contributed by atoms with Gasteiger partial charge in [0, 0.05) is 19.7 Å². The van der Waals surface area contributed by atoms with Crippen LogP contribution < -0.4 is 5.32 Å². The van der Waals surface area contributed by atoms with E-state index in [1.807, 2.05) is 11.8 Å². The van der Waals surface area contributed by atoms with Gasteiger partial charge in [0.25, 0.3) is 0 Å². The summed E-state index contributed by atoms with van der Waals surface area (Å²) in [5.41, 5.74) is 0. The van der Waals surface area contributed by atoms with Crippen molar-refractivity contribution in [2.24, 2.45) is 0 Å². The molecule has 0 radical (unpaired) electrons. The lowest BCUT2D eigenvalue weighted by Crippen LogP contribution is -2.43. The molecular formula is C11H19N3O2. The topological polar surface area (TPSA) is 65.4 Å². The largest absolute Gasteiger partial charge is 0.383 e. The van der Waals surface area contributed by atoms with E-state index in [0.29, 0.717) is 13.2 Å². The second kappa shape index (κ2) is 6.46. The molecule has 1 aliphatic heterocycles. The van der Waals surface area contributed by atoms with Gasteiger partial charge in [0.2, 0.25) is 5.91 Å². The molecule has 1 N–H and O–H groups in total. The number of methoxy groups -OCH3 is 1. The lowest BCUT2D eigenvalue weighted by molar-refractivity contribution is -0.123. The van der Waals surface area contributed by atoms with E-state index in [1.54, 1.807) is 7.11 Å². The second-order valence-electron chi connectivity index (χ2n) is 4.18. The lowest BCUT2D eigenvalue weighted by atomic mass is 10.2. The minimum Gasteiger partial charge on any atom is -0.383 e. The van der Waals surface area contributed by atoms with Crippen molar-refractivity contribution in [1.29, 1.82) is 5.26 Å². The molecule has 1 rings (SSSR count). The summed E-state index contributed by atoms with van der Waals surface area (Å²) in [5, 5.41) is 11.7. The van der Waals surface area contributed by atoms with E-state index in [4.69, 9.17) is 10.00 Å². The molecule has 1 aliphatic rings. The number of amides is 1. The fourth-order valence-corrected chi connectivity index (χ4v) is 1.96. The van der Waals surface area contributed by atoms with Crippen molar-refractivity contribution >= 4 is 5.91 Å². The third-order valence-corrected chi connectivity index (χ3v) is 2.68. The van der Waals surface area contributed by atoms with Crippen LogP contribution in [0.1, 0.15) is 19.8 Å². The maximum Gasteiger partial charge on any atom is 0.234 e. The zero-order valence-electron chi connectivity index (χ0n) is 9.90. The fraction of sp³-hybridized carbons (Fsp3) is 0.818. The predicted octanol–water partition coefficient (Wildman–Crippen LogP) is 0.125. The molecule has 0 aromatic carbocycles. The summed E-state index contributed by atoms with van der Waals surface area (Å²) in [6, 6.07) is 2.14. The number of likely N-dealkylation sites (tertiary alicyclic amines) is 1. The smallest absolute Gasteiger partial charge is 0.234 e. The zero-order valence-corrected chi connectivity index (χ0v) is 9.90. The molecular weight excluding hydrogens is 206 g/mol. The first-order valence-corrected chi connectivity index (χ1v) is 5.59. The standard InChI is InChI=1S/C11H19N3O2/c1-9(8-16-2)13-11(15)7-14-5-3-4-10(14)6-12/h9-10H,3-5,7-8H2,1-2H3,(H,13,15). The van der Waals surface area contributed by atoms with Crippen LogP contribution in [-0.2, 0) is 9.53 Å². The van der Waals surface area contributed by atoms with E-state index < -0.39 is 0 Å². The van der Waals surface area contributed by atoms with Crippen LogP contribution in [-0.4, -0.2) is 49.7 Å². The summed E-state index contributed by atoms with van der Waals surface area (Å²) < 4.78 is 4.94. The van der Waals surface area contributed by atoms with Crippen LogP contribution in [0.4, 0.5) is 0 Å². The Bertz CT molecular complexity index is 275.